The molecule has 0 aromatic carbocycles. The molecule has 1 N–H and O–H groups in total. The van der Waals surface area contributed by atoms with E-state index in [4.69, 9.17) is 0 Å². The zero-order valence-corrected chi connectivity index (χ0v) is 8.94. The third kappa shape index (κ3) is 2.98. The Kier molecular flexibility index (Phi) is 4.44. The number of rotatable bonds is 3. The van der Waals surface area contributed by atoms with E-state index in [1.165, 1.54) is 25.7 Å². The average molecular weight is 188 g/mol. The predicted molar refractivity (Wildman–Crippen MR) is 55.5 cm³/mol. The van der Waals surface area contributed by atoms with Crippen molar-refractivity contribution in [2.45, 2.75) is 38.7 Å². The second-order valence-electron chi connectivity index (χ2n) is 4.05. The zero-order valence-electron chi connectivity index (χ0n) is 8.12. The molecule has 0 aliphatic heterocycles. The van der Waals surface area contributed by atoms with Crippen molar-refractivity contribution >= 4 is 11.8 Å². The first kappa shape index (κ1) is 10.4. The lowest BCUT2D eigenvalue weighted by Gasteiger charge is -2.30. The monoisotopic (exact) mass is 188 g/mol. The predicted octanol–water partition coefficient (Wildman–Crippen LogP) is 2.54. The number of thioether (sulfide) groups is 1. The highest BCUT2D eigenvalue weighted by Gasteiger charge is 2.24. The Hall–Kier alpha value is 0.310. The van der Waals surface area contributed by atoms with E-state index in [9.17, 15) is 5.11 Å². The van der Waals surface area contributed by atoms with Crippen LogP contribution in [0.25, 0.3) is 0 Å². The van der Waals surface area contributed by atoms with Crippen molar-refractivity contribution in [2.24, 2.45) is 11.8 Å². The lowest BCUT2D eigenvalue weighted by Crippen LogP contribution is -2.27. The van der Waals surface area contributed by atoms with Crippen LogP contribution in [-0.2, 0) is 0 Å². The summed E-state index contributed by atoms with van der Waals surface area (Å²) in [4.78, 5) is 0. The normalized spacial score (nSPS) is 33.2. The van der Waals surface area contributed by atoms with E-state index in [2.05, 4.69) is 13.2 Å². The molecule has 0 aromatic rings. The van der Waals surface area contributed by atoms with E-state index in [-0.39, 0.29) is 6.10 Å². The third-order valence-electron chi connectivity index (χ3n) is 2.86. The molecule has 1 aliphatic rings. The van der Waals surface area contributed by atoms with Crippen LogP contribution in [0.1, 0.15) is 32.6 Å². The molecular weight excluding hydrogens is 168 g/mol. The van der Waals surface area contributed by atoms with Crippen molar-refractivity contribution in [1.82, 2.24) is 0 Å². The summed E-state index contributed by atoms with van der Waals surface area (Å²) in [6.07, 6.45) is 7.17. The van der Waals surface area contributed by atoms with Crippen molar-refractivity contribution in [3.8, 4) is 0 Å². The van der Waals surface area contributed by atoms with Gasteiger partial charge < -0.3 is 5.11 Å². The SMILES string of the molecule is CSCC(O)C1CCCC(C)C1. The molecule has 0 saturated heterocycles. The summed E-state index contributed by atoms with van der Waals surface area (Å²) in [5, 5.41) is 9.77. The molecule has 0 heterocycles. The molecule has 0 spiro atoms. The van der Waals surface area contributed by atoms with Gasteiger partial charge in [0.25, 0.3) is 0 Å². The number of hydrogen-bond donors (Lipinski definition) is 1. The van der Waals surface area contributed by atoms with Crippen molar-refractivity contribution < 1.29 is 5.11 Å². The largest absolute Gasteiger partial charge is 0.392 e. The number of aliphatic hydroxyl groups is 1. The minimum Gasteiger partial charge on any atom is -0.392 e. The fourth-order valence-corrected chi connectivity index (χ4v) is 2.75. The van der Waals surface area contributed by atoms with Gasteiger partial charge in [0, 0.05) is 5.75 Å². The Labute approximate surface area is 79.9 Å². The minimum absolute atomic E-state index is 0.0530. The topological polar surface area (TPSA) is 20.2 Å². The first-order valence-corrected chi connectivity index (χ1v) is 6.30. The van der Waals surface area contributed by atoms with Gasteiger partial charge in [0.1, 0.15) is 0 Å². The maximum atomic E-state index is 9.77. The molecule has 12 heavy (non-hydrogen) atoms. The van der Waals surface area contributed by atoms with E-state index in [1.54, 1.807) is 11.8 Å². The molecule has 0 amide bonds. The summed E-state index contributed by atoms with van der Waals surface area (Å²) >= 11 is 1.75. The highest BCUT2D eigenvalue weighted by atomic mass is 32.2. The Morgan fingerprint density at radius 1 is 1.50 bits per heavy atom. The standard InChI is InChI=1S/C10H20OS/c1-8-4-3-5-9(6-8)10(11)7-12-2/h8-11H,3-7H2,1-2H3. The van der Waals surface area contributed by atoms with Crippen molar-refractivity contribution in [1.29, 1.82) is 0 Å². The van der Waals surface area contributed by atoms with Crippen LogP contribution < -0.4 is 0 Å². The Morgan fingerprint density at radius 3 is 2.83 bits per heavy atom. The first-order chi connectivity index (χ1) is 5.74. The summed E-state index contributed by atoms with van der Waals surface area (Å²) in [7, 11) is 0. The lowest BCUT2D eigenvalue weighted by atomic mass is 9.80. The van der Waals surface area contributed by atoms with Crippen LogP contribution in [0.3, 0.4) is 0 Å². The first-order valence-electron chi connectivity index (χ1n) is 4.91. The van der Waals surface area contributed by atoms with Gasteiger partial charge in [-0.05, 0) is 30.9 Å². The van der Waals surface area contributed by atoms with Gasteiger partial charge in [-0.15, -0.1) is 0 Å². The molecule has 2 heteroatoms. The van der Waals surface area contributed by atoms with Crippen molar-refractivity contribution in [2.75, 3.05) is 12.0 Å². The van der Waals surface area contributed by atoms with E-state index >= 15 is 0 Å². The Balaban J connectivity index is 2.29. The summed E-state index contributed by atoms with van der Waals surface area (Å²) in [5.41, 5.74) is 0. The van der Waals surface area contributed by atoms with Crippen LogP contribution in [0, 0.1) is 11.8 Å². The van der Waals surface area contributed by atoms with Crippen molar-refractivity contribution in [3.63, 3.8) is 0 Å². The summed E-state index contributed by atoms with van der Waals surface area (Å²) in [6.45, 7) is 2.30. The molecule has 3 atom stereocenters. The van der Waals surface area contributed by atoms with Gasteiger partial charge in [0.15, 0.2) is 0 Å². The van der Waals surface area contributed by atoms with Crippen molar-refractivity contribution in [3.05, 3.63) is 0 Å². The molecule has 1 fully saturated rings. The smallest absolute Gasteiger partial charge is 0.0658 e. The summed E-state index contributed by atoms with van der Waals surface area (Å²) in [6, 6.07) is 0. The molecule has 1 nitrogen and oxygen atoms in total. The van der Waals surface area contributed by atoms with Gasteiger partial charge in [-0.25, -0.2) is 0 Å². The lowest BCUT2D eigenvalue weighted by molar-refractivity contribution is 0.0903. The van der Waals surface area contributed by atoms with Crippen LogP contribution in [0.4, 0.5) is 0 Å². The average Bonchev–Trinajstić information content (AvgIpc) is 2.05. The number of hydrogen-bond acceptors (Lipinski definition) is 2. The summed E-state index contributed by atoms with van der Waals surface area (Å²) in [5.74, 6) is 2.33. The fourth-order valence-electron chi connectivity index (χ4n) is 2.14. The minimum atomic E-state index is -0.0530. The van der Waals surface area contributed by atoms with Gasteiger partial charge in [-0.1, -0.05) is 19.8 Å². The van der Waals surface area contributed by atoms with E-state index in [1.807, 2.05) is 0 Å². The molecule has 0 bridgehead atoms. The second kappa shape index (κ2) is 5.13. The quantitative estimate of drug-likeness (QED) is 0.734. The highest BCUT2D eigenvalue weighted by Crippen LogP contribution is 2.31. The molecule has 72 valence electrons. The van der Waals surface area contributed by atoms with E-state index in [0.29, 0.717) is 5.92 Å². The highest BCUT2D eigenvalue weighted by molar-refractivity contribution is 7.98. The molecular formula is C10H20OS. The van der Waals surface area contributed by atoms with Crippen LogP contribution in [0.15, 0.2) is 0 Å². The van der Waals surface area contributed by atoms with Crippen LogP contribution in [0.5, 0.6) is 0 Å². The van der Waals surface area contributed by atoms with Gasteiger partial charge in [-0.2, -0.15) is 11.8 Å². The molecule has 3 unspecified atom stereocenters. The van der Waals surface area contributed by atoms with E-state index < -0.39 is 0 Å². The zero-order chi connectivity index (χ0) is 8.97. The maximum Gasteiger partial charge on any atom is 0.0658 e. The third-order valence-corrected chi connectivity index (χ3v) is 3.53. The molecule has 0 radical (unpaired) electrons. The molecule has 1 rings (SSSR count). The number of aliphatic hydroxyl groups excluding tert-OH is 1. The van der Waals surface area contributed by atoms with Gasteiger partial charge in [0.2, 0.25) is 0 Å². The summed E-state index contributed by atoms with van der Waals surface area (Å²) < 4.78 is 0. The second-order valence-corrected chi connectivity index (χ2v) is 4.97. The molecule has 1 aliphatic carbocycles. The Morgan fingerprint density at radius 2 is 2.25 bits per heavy atom. The molecule has 1 saturated carbocycles. The maximum absolute atomic E-state index is 9.77. The van der Waals surface area contributed by atoms with Crippen LogP contribution in [0.2, 0.25) is 0 Å². The van der Waals surface area contributed by atoms with E-state index in [0.717, 1.165) is 11.7 Å². The van der Waals surface area contributed by atoms with Gasteiger partial charge in [-0.3, -0.25) is 0 Å². The Bertz CT molecular complexity index is 127. The fraction of sp³-hybridized carbons (Fsp3) is 1.00. The van der Waals surface area contributed by atoms with Crippen LogP contribution >= 0.6 is 11.8 Å². The van der Waals surface area contributed by atoms with Crippen LogP contribution in [-0.4, -0.2) is 23.2 Å². The van der Waals surface area contributed by atoms with Gasteiger partial charge >= 0.3 is 0 Å². The molecule has 0 aromatic heterocycles. The van der Waals surface area contributed by atoms with Gasteiger partial charge in [0.05, 0.1) is 6.10 Å².